The minimum Gasteiger partial charge on any atom is -0.497 e. The second kappa shape index (κ2) is 13.2. The van der Waals surface area contributed by atoms with E-state index in [1.54, 1.807) is 46.9 Å². The summed E-state index contributed by atoms with van der Waals surface area (Å²) in [6.45, 7) is 6.91. The number of ether oxygens (including phenoxy) is 2. The summed E-state index contributed by atoms with van der Waals surface area (Å²) in [6.07, 6.45) is 5.31. The van der Waals surface area contributed by atoms with Crippen LogP contribution in [0, 0.1) is 17.8 Å². The molecule has 0 spiro atoms. The number of Topliss-reactive ketones (excluding diaryl/α,β-unsaturated/α-hetero) is 3. The number of hydrogen-bond acceptors (Lipinski definition) is 7. The monoisotopic (exact) mass is 543 g/mol. The van der Waals surface area contributed by atoms with Gasteiger partial charge >= 0.3 is 0 Å². The number of hydrogen-bond donors (Lipinski definition) is 2. The van der Waals surface area contributed by atoms with E-state index in [1.165, 1.54) is 0 Å². The van der Waals surface area contributed by atoms with Crippen molar-refractivity contribution in [3.05, 3.63) is 29.8 Å². The predicted octanol–water partition coefficient (Wildman–Crippen LogP) is 3.99. The molecule has 1 aromatic rings. The predicted molar refractivity (Wildman–Crippen MR) is 147 cm³/mol. The van der Waals surface area contributed by atoms with Crippen LogP contribution in [0.5, 0.6) is 5.75 Å². The molecule has 0 radical (unpaired) electrons. The molecule has 2 N–H and O–H groups in total. The van der Waals surface area contributed by atoms with Crippen molar-refractivity contribution in [3.8, 4) is 5.75 Å². The molecule has 0 aromatic heterocycles. The maximum atomic E-state index is 13.7. The van der Waals surface area contributed by atoms with Gasteiger partial charge in [-0.05, 0) is 57.2 Å². The number of nitrogens with one attached hydrogen (secondary N) is 1. The summed E-state index contributed by atoms with van der Waals surface area (Å²) in [5.41, 5.74) is -1.12. The third-order valence-corrected chi connectivity index (χ3v) is 7.92. The topological polar surface area (TPSA) is 122 Å². The second-order valence-corrected chi connectivity index (χ2v) is 12.4. The second-order valence-electron chi connectivity index (χ2n) is 12.4. The van der Waals surface area contributed by atoms with Gasteiger partial charge in [-0.2, -0.15) is 0 Å². The Morgan fingerprint density at radius 1 is 1.13 bits per heavy atom. The van der Waals surface area contributed by atoms with Crippen molar-refractivity contribution in [2.45, 2.75) is 103 Å². The average molecular weight is 544 g/mol. The van der Waals surface area contributed by atoms with Gasteiger partial charge < -0.3 is 19.9 Å². The molecule has 1 aromatic carbocycles. The van der Waals surface area contributed by atoms with Crippen LogP contribution in [0.4, 0.5) is 0 Å². The zero-order valence-corrected chi connectivity index (χ0v) is 24.1. The Balaban J connectivity index is 1.75. The van der Waals surface area contributed by atoms with Gasteiger partial charge in [-0.1, -0.05) is 44.7 Å². The average Bonchev–Trinajstić information content (AvgIpc) is 3.40. The number of rotatable bonds is 16. The normalized spacial score (nSPS) is 21.6. The summed E-state index contributed by atoms with van der Waals surface area (Å²) in [4.78, 5) is 52.6. The van der Waals surface area contributed by atoms with Crippen LogP contribution in [0.25, 0.3) is 0 Å². The zero-order valence-electron chi connectivity index (χ0n) is 24.1. The van der Waals surface area contributed by atoms with Crippen molar-refractivity contribution in [1.29, 1.82) is 0 Å². The molecule has 0 unspecified atom stereocenters. The van der Waals surface area contributed by atoms with Gasteiger partial charge in [0.1, 0.15) is 17.1 Å². The summed E-state index contributed by atoms with van der Waals surface area (Å²) in [5.74, 6) is -0.854. The molecule has 216 valence electrons. The summed E-state index contributed by atoms with van der Waals surface area (Å²) < 4.78 is 10.7. The summed E-state index contributed by atoms with van der Waals surface area (Å²) in [7, 11) is 1.58. The standard InChI is InChI=1S/C31H45NO7/c1-20(14-24(33)18-30(2,3)37)29(36)32-26(16-22-10-12-25(38-5)13-11-22)27(34)17-23(15-21-8-6-7-9-21)28(35)31(4)19-39-31/h10-13,20-21,23,26,37H,6-9,14-19H2,1-5H3,(H,32,36)/t20-,23+,26-,31+/m0/s1. The third kappa shape index (κ3) is 9.53. The first kappa shape index (κ1) is 31.0. The Labute approximate surface area is 232 Å². The molecule has 39 heavy (non-hydrogen) atoms. The van der Waals surface area contributed by atoms with E-state index in [0.717, 1.165) is 31.2 Å². The van der Waals surface area contributed by atoms with Gasteiger partial charge in [-0.15, -0.1) is 0 Å². The number of carbonyl (C=O) groups excluding carboxylic acids is 4. The molecule has 1 saturated heterocycles. The van der Waals surface area contributed by atoms with Gasteiger partial charge in [-0.3, -0.25) is 19.2 Å². The molecule has 2 fully saturated rings. The van der Waals surface area contributed by atoms with Crippen LogP contribution in [0.2, 0.25) is 0 Å². The highest BCUT2D eigenvalue weighted by molar-refractivity contribution is 5.97. The quantitative estimate of drug-likeness (QED) is 0.302. The molecule has 8 nitrogen and oxygen atoms in total. The Morgan fingerprint density at radius 3 is 2.28 bits per heavy atom. The Bertz CT molecular complexity index is 1020. The van der Waals surface area contributed by atoms with Gasteiger partial charge in [0.05, 0.1) is 25.4 Å². The summed E-state index contributed by atoms with van der Waals surface area (Å²) >= 11 is 0. The Morgan fingerprint density at radius 2 is 1.74 bits per heavy atom. The lowest BCUT2D eigenvalue weighted by Crippen LogP contribution is -2.46. The molecule has 1 aliphatic heterocycles. The van der Waals surface area contributed by atoms with Gasteiger partial charge in [0.15, 0.2) is 11.6 Å². The lowest BCUT2D eigenvalue weighted by molar-refractivity contribution is -0.135. The van der Waals surface area contributed by atoms with Crippen LogP contribution in [-0.2, 0) is 30.3 Å². The molecule has 0 bridgehead atoms. The molecule has 1 heterocycles. The van der Waals surface area contributed by atoms with E-state index in [1.807, 2.05) is 12.1 Å². The lowest BCUT2D eigenvalue weighted by atomic mass is 9.81. The van der Waals surface area contributed by atoms with Crippen LogP contribution in [0.3, 0.4) is 0 Å². The molecule has 1 amide bonds. The van der Waals surface area contributed by atoms with Crippen molar-refractivity contribution in [1.82, 2.24) is 5.32 Å². The van der Waals surface area contributed by atoms with E-state index in [-0.39, 0.29) is 43.0 Å². The maximum absolute atomic E-state index is 13.7. The SMILES string of the molecule is COc1ccc(C[C@H](NC(=O)[C@@H](C)CC(=O)CC(C)(C)O)C(=O)C[C@@H](CC2CCCC2)C(=O)[C@@]2(C)CO2)cc1. The third-order valence-electron chi connectivity index (χ3n) is 7.92. The first-order valence-corrected chi connectivity index (χ1v) is 14.2. The fourth-order valence-corrected chi connectivity index (χ4v) is 5.54. The van der Waals surface area contributed by atoms with Gasteiger partial charge in [0.2, 0.25) is 5.91 Å². The first-order valence-electron chi connectivity index (χ1n) is 14.2. The molecular weight excluding hydrogens is 498 g/mol. The molecule has 8 heteroatoms. The molecule has 3 rings (SSSR count). The lowest BCUT2D eigenvalue weighted by Gasteiger charge is -2.25. The van der Waals surface area contributed by atoms with E-state index < -0.39 is 35.0 Å². The minimum atomic E-state index is -1.15. The molecule has 1 saturated carbocycles. The summed E-state index contributed by atoms with van der Waals surface area (Å²) in [6, 6.07) is 6.45. The highest BCUT2D eigenvalue weighted by atomic mass is 16.6. The van der Waals surface area contributed by atoms with Crippen molar-refractivity contribution in [2.75, 3.05) is 13.7 Å². The number of methoxy groups -OCH3 is 1. The Kier molecular flexibility index (Phi) is 10.5. The van der Waals surface area contributed by atoms with Gasteiger partial charge in [0.25, 0.3) is 0 Å². The fourth-order valence-electron chi connectivity index (χ4n) is 5.54. The number of carbonyl (C=O) groups is 4. The first-order chi connectivity index (χ1) is 18.3. The van der Waals surface area contributed by atoms with Crippen LogP contribution >= 0.6 is 0 Å². The minimum absolute atomic E-state index is 0.0251. The highest BCUT2D eigenvalue weighted by Gasteiger charge is 2.50. The number of benzene rings is 1. The largest absolute Gasteiger partial charge is 0.497 e. The molecular formula is C31H45NO7. The van der Waals surface area contributed by atoms with E-state index in [0.29, 0.717) is 24.7 Å². The van der Waals surface area contributed by atoms with Crippen LogP contribution < -0.4 is 10.1 Å². The van der Waals surface area contributed by atoms with Crippen molar-refractivity contribution < 1.29 is 33.8 Å². The van der Waals surface area contributed by atoms with Crippen LogP contribution in [0.15, 0.2) is 24.3 Å². The van der Waals surface area contributed by atoms with E-state index in [2.05, 4.69) is 5.32 Å². The zero-order chi connectivity index (χ0) is 28.8. The highest BCUT2D eigenvalue weighted by Crippen LogP contribution is 2.37. The maximum Gasteiger partial charge on any atom is 0.223 e. The van der Waals surface area contributed by atoms with Crippen molar-refractivity contribution in [3.63, 3.8) is 0 Å². The molecule has 4 atom stereocenters. The smallest absolute Gasteiger partial charge is 0.223 e. The number of aliphatic hydroxyl groups is 1. The molecule has 2 aliphatic rings. The van der Waals surface area contributed by atoms with Gasteiger partial charge in [-0.25, -0.2) is 0 Å². The number of epoxide rings is 1. The van der Waals surface area contributed by atoms with Crippen molar-refractivity contribution in [2.24, 2.45) is 17.8 Å². The number of ketones is 3. The van der Waals surface area contributed by atoms with E-state index >= 15 is 0 Å². The summed E-state index contributed by atoms with van der Waals surface area (Å²) in [5, 5.41) is 12.8. The van der Waals surface area contributed by atoms with Crippen molar-refractivity contribution >= 4 is 23.3 Å². The van der Waals surface area contributed by atoms with Crippen LogP contribution in [0.1, 0.15) is 84.6 Å². The number of amides is 1. The van der Waals surface area contributed by atoms with Gasteiger partial charge in [0, 0.05) is 31.1 Å². The fraction of sp³-hybridized carbons (Fsp3) is 0.677. The van der Waals surface area contributed by atoms with E-state index in [9.17, 15) is 24.3 Å². The Hall–Kier alpha value is -2.58. The van der Waals surface area contributed by atoms with E-state index in [4.69, 9.17) is 9.47 Å². The molecule has 1 aliphatic carbocycles. The van der Waals surface area contributed by atoms with Crippen LogP contribution in [-0.4, -0.2) is 59.3 Å².